The Hall–Kier alpha value is -1.04. The molecule has 0 aromatic heterocycles. The summed E-state index contributed by atoms with van der Waals surface area (Å²) in [4.78, 5) is 11.3. The minimum absolute atomic E-state index is 0.0190. The van der Waals surface area contributed by atoms with E-state index in [4.69, 9.17) is 10.00 Å². The van der Waals surface area contributed by atoms with E-state index >= 15 is 0 Å². The van der Waals surface area contributed by atoms with Crippen molar-refractivity contribution < 1.29 is 9.53 Å². The molecule has 0 saturated heterocycles. The SMILES string of the molecule is CCCCC(C#N)CCCCCC(=O)OC(C)C. The third-order valence-corrected chi connectivity index (χ3v) is 2.89. The first-order valence-electron chi connectivity index (χ1n) is 7.19. The predicted octanol–water partition coefficient (Wildman–Crippen LogP) is 4.22. The molecule has 0 rings (SSSR count). The predicted molar refractivity (Wildman–Crippen MR) is 72.9 cm³/mol. The third-order valence-electron chi connectivity index (χ3n) is 2.89. The molecule has 0 aliphatic carbocycles. The standard InChI is InChI=1S/C15H27NO2/c1-4-5-9-14(12-16)10-7-6-8-11-15(17)18-13(2)3/h13-14H,4-11H2,1-3H3. The van der Waals surface area contributed by atoms with Crippen LogP contribution in [0.5, 0.6) is 0 Å². The molecular weight excluding hydrogens is 226 g/mol. The molecule has 0 saturated carbocycles. The van der Waals surface area contributed by atoms with Crippen molar-refractivity contribution in [2.45, 2.75) is 78.2 Å². The average molecular weight is 253 g/mol. The molecular formula is C15H27NO2. The van der Waals surface area contributed by atoms with Crippen molar-refractivity contribution in [2.75, 3.05) is 0 Å². The van der Waals surface area contributed by atoms with Crippen LogP contribution in [0.2, 0.25) is 0 Å². The Balaban J connectivity index is 3.49. The summed E-state index contributed by atoms with van der Waals surface area (Å²) in [6.45, 7) is 5.88. The van der Waals surface area contributed by atoms with Crippen LogP contribution in [0.4, 0.5) is 0 Å². The Bertz CT molecular complexity index is 256. The number of ether oxygens (including phenoxy) is 1. The molecule has 0 bridgehead atoms. The van der Waals surface area contributed by atoms with Crippen LogP contribution >= 0.6 is 0 Å². The normalized spacial score (nSPS) is 12.2. The van der Waals surface area contributed by atoms with Crippen molar-refractivity contribution >= 4 is 5.97 Å². The summed E-state index contributed by atoms with van der Waals surface area (Å²) in [6, 6.07) is 2.37. The lowest BCUT2D eigenvalue weighted by Crippen LogP contribution is -2.10. The zero-order valence-electron chi connectivity index (χ0n) is 12.1. The zero-order valence-corrected chi connectivity index (χ0v) is 12.1. The van der Waals surface area contributed by atoms with Gasteiger partial charge in [-0.05, 0) is 33.1 Å². The van der Waals surface area contributed by atoms with Gasteiger partial charge in [0, 0.05) is 12.3 Å². The number of hydrogen-bond acceptors (Lipinski definition) is 3. The van der Waals surface area contributed by atoms with Crippen molar-refractivity contribution in [1.29, 1.82) is 5.26 Å². The highest BCUT2D eigenvalue weighted by atomic mass is 16.5. The Morgan fingerprint density at radius 3 is 2.39 bits per heavy atom. The highest BCUT2D eigenvalue weighted by Gasteiger charge is 2.08. The largest absolute Gasteiger partial charge is 0.463 e. The summed E-state index contributed by atoms with van der Waals surface area (Å²) in [5, 5.41) is 8.97. The van der Waals surface area contributed by atoms with E-state index in [0.717, 1.165) is 44.9 Å². The van der Waals surface area contributed by atoms with Crippen LogP contribution in [0.15, 0.2) is 0 Å². The molecule has 104 valence electrons. The molecule has 0 aromatic carbocycles. The fourth-order valence-electron chi connectivity index (χ4n) is 1.88. The maximum atomic E-state index is 11.3. The highest BCUT2D eigenvalue weighted by molar-refractivity contribution is 5.69. The van der Waals surface area contributed by atoms with E-state index in [-0.39, 0.29) is 18.0 Å². The summed E-state index contributed by atoms with van der Waals surface area (Å²) in [5.74, 6) is 0.0976. The van der Waals surface area contributed by atoms with Crippen molar-refractivity contribution in [3.8, 4) is 6.07 Å². The van der Waals surface area contributed by atoms with Crippen molar-refractivity contribution in [3.05, 3.63) is 0 Å². The zero-order chi connectivity index (χ0) is 13.8. The monoisotopic (exact) mass is 253 g/mol. The molecule has 0 radical (unpaired) electrons. The molecule has 0 aliphatic rings. The van der Waals surface area contributed by atoms with Crippen LogP contribution in [-0.4, -0.2) is 12.1 Å². The van der Waals surface area contributed by atoms with Crippen molar-refractivity contribution in [3.63, 3.8) is 0 Å². The number of rotatable bonds is 10. The van der Waals surface area contributed by atoms with E-state index in [1.54, 1.807) is 0 Å². The molecule has 0 heterocycles. The first-order valence-corrected chi connectivity index (χ1v) is 7.19. The summed E-state index contributed by atoms with van der Waals surface area (Å²) in [5.41, 5.74) is 0. The fraction of sp³-hybridized carbons (Fsp3) is 0.867. The Kier molecular flexibility index (Phi) is 10.4. The van der Waals surface area contributed by atoms with Gasteiger partial charge < -0.3 is 4.74 Å². The van der Waals surface area contributed by atoms with Crippen molar-refractivity contribution in [1.82, 2.24) is 0 Å². The van der Waals surface area contributed by atoms with Gasteiger partial charge in [0.1, 0.15) is 0 Å². The Morgan fingerprint density at radius 2 is 1.83 bits per heavy atom. The number of hydrogen-bond donors (Lipinski definition) is 0. The molecule has 3 heteroatoms. The Morgan fingerprint density at radius 1 is 1.17 bits per heavy atom. The number of nitrogens with zero attached hydrogens (tertiary/aromatic N) is 1. The number of carbonyl (C=O) groups excluding carboxylic acids is 1. The van der Waals surface area contributed by atoms with Gasteiger partial charge in [-0.15, -0.1) is 0 Å². The maximum Gasteiger partial charge on any atom is 0.306 e. The third kappa shape index (κ3) is 10.1. The van der Waals surface area contributed by atoms with Crippen LogP contribution in [0, 0.1) is 17.2 Å². The molecule has 0 aromatic rings. The van der Waals surface area contributed by atoms with E-state index in [0.29, 0.717) is 6.42 Å². The van der Waals surface area contributed by atoms with Gasteiger partial charge in [0.2, 0.25) is 0 Å². The molecule has 3 nitrogen and oxygen atoms in total. The first kappa shape index (κ1) is 17.0. The lowest BCUT2D eigenvalue weighted by molar-refractivity contribution is -0.147. The maximum absolute atomic E-state index is 11.3. The minimum Gasteiger partial charge on any atom is -0.463 e. The molecule has 0 spiro atoms. The van der Waals surface area contributed by atoms with Gasteiger partial charge in [-0.2, -0.15) is 5.26 Å². The van der Waals surface area contributed by atoms with Gasteiger partial charge >= 0.3 is 5.97 Å². The van der Waals surface area contributed by atoms with Gasteiger partial charge in [-0.1, -0.05) is 32.6 Å². The molecule has 18 heavy (non-hydrogen) atoms. The van der Waals surface area contributed by atoms with Crippen LogP contribution in [-0.2, 0) is 9.53 Å². The highest BCUT2D eigenvalue weighted by Crippen LogP contribution is 2.16. The second kappa shape index (κ2) is 11.1. The van der Waals surface area contributed by atoms with Gasteiger partial charge in [-0.3, -0.25) is 4.79 Å². The smallest absolute Gasteiger partial charge is 0.306 e. The van der Waals surface area contributed by atoms with E-state index in [2.05, 4.69) is 13.0 Å². The second-order valence-corrected chi connectivity index (χ2v) is 5.11. The summed E-state index contributed by atoms with van der Waals surface area (Å²) < 4.78 is 5.06. The van der Waals surface area contributed by atoms with Gasteiger partial charge in [-0.25, -0.2) is 0 Å². The average Bonchev–Trinajstić information content (AvgIpc) is 2.31. The molecule has 1 atom stereocenters. The van der Waals surface area contributed by atoms with Crippen LogP contribution in [0.1, 0.15) is 72.1 Å². The summed E-state index contributed by atoms with van der Waals surface area (Å²) >= 11 is 0. The van der Waals surface area contributed by atoms with Gasteiger partial charge in [0.25, 0.3) is 0 Å². The number of unbranched alkanes of at least 4 members (excludes halogenated alkanes) is 3. The van der Waals surface area contributed by atoms with Crippen LogP contribution < -0.4 is 0 Å². The first-order chi connectivity index (χ1) is 8.60. The fourth-order valence-corrected chi connectivity index (χ4v) is 1.88. The summed E-state index contributed by atoms with van der Waals surface area (Å²) in [6.07, 6.45) is 7.68. The minimum atomic E-state index is -0.104. The van der Waals surface area contributed by atoms with E-state index in [1.807, 2.05) is 13.8 Å². The van der Waals surface area contributed by atoms with Crippen LogP contribution in [0.25, 0.3) is 0 Å². The molecule has 0 N–H and O–H groups in total. The quantitative estimate of drug-likeness (QED) is 0.432. The van der Waals surface area contributed by atoms with E-state index in [1.165, 1.54) is 0 Å². The number of carbonyl (C=O) groups is 1. The van der Waals surface area contributed by atoms with E-state index in [9.17, 15) is 4.79 Å². The van der Waals surface area contributed by atoms with E-state index < -0.39 is 0 Å². The summed E-state index contributed by atoms with van der Waals surface area (Å²) in [7, 11) is 0. The lowest BCUT2D eigenvalue weighted by Gasteiger charge is -2.09. The molecule has 0 fully saturated rings. The molecule has 1 unspecified atom stereocenters. The number of nitriles is 1. The van der Waals surface area contributed by atoms with Gasteiger partial charge in [0.15, 0.2) is 0 Å². The topological polar surface area (TPSA) is 50.1 Å². The van der Waals surface area contributed by atoms with Gasteiger partial charge in [0.05, 0.1) is 12.2 Å². The molecule has 0 aliphatic heterocycles. The second-order valence-electron chi connectivity index (χ2n) is 5.11. The van der Waals surface area contributed by atoms with Crippen molar-refractivity contribution in [2.24, 2.45) is 5.92 Å². The number of esters is 1. The lowest BCUT2D eigenvalue weighted by atomic mass is 9.97. The molecule has 0 amide bonds. The van der Waals surface area contributed by atoms with Crippen LogP contribution in [0.3, 0.4) is 0 Å². The Labute approximate surface area is 112 Å².